The van der Waals surface area contributed by atoms with Gasteiger partial charge < -0.3 is 0 Å². The summed E-state index contributed by atoms with van der Waals surface area (Å²) in [7, 11) is 0. The first-order chi connectivity index (χ1) is 4.06. The van der Waals surface area contributed by atoms with Crippen LogP contribution in [0.1, 0.15) is 20.3 Å². The lowest BCUT2D eigenvalue weighted by Crippen LogP contribution is -2.10. The number of rotatable bonds is 3. The van der Waals surface area contributed by atoms with E-state index < -0.39 is 0 Å². The van der Waals surface area contributed by atoms with E-state index in [0.29, 0.717) is 13.0 Å². The first-order valence-corrected chi connectivity index (χ1v) is 3.16. The number of hydrogen-bond donors (Lipinski definition) is 0. The first-order valence-electron chi connectivity index (χ1n) is 2.79. The molecule has 52 valence electrons. The molecular weight excluding hydrogens is 138 g/mol. The first kappa shape index (κ1) is 8.67. The van der Waals surface area contributed by atoms with Crippen LogP contribution in [-0.4, -0.2) is 17.5 Å². The van der Waals surface area contributed by atoms with Gasteiger partial charge in [-0.05, 0) is 20.3 Å². The lowest BCUT2D eigenvalue weighted by Gasteiger charge is -2.11. The zero-order valence-corrected chi connectivity index (χ0v) is 6.40. The number of carbonyl (C=O) groups excluding carboxylic acids is 1. The van der Waals surface area contributed by atoms with Crippen molar-refractivity contribution in [3.05, 3.63) is 0 Å². The maximum Gasteiger partial charge on any atom is 0.234 e. The summed E-state index contributed by atoms with van der Waals surface area (Å²) in [4.78, 5) is 12.7. The predicted molar refractivity (Wildman–Crippen MR) is 37.5 cm³/mol. The maximum atomic E-state index is 9.56. The Balaban J connectivity index is 3.39. The maximum absolute atomic E-state index is 9.56. The van der Waals surface area contributed by atoms with Crippen LogP contribution in [0.2, 0.25) is 0 Å². The van der Waals surface area contributed by atoms with Crippen molar-refractivity contribution in [3.8, 4) is 0 Å². The molecule has 0 aliphatic carbocycles. The van der Waals surface area contributed by atoms with Crippen molar-refractivity contribution in [3.63, 3.8) is 0 Å². The molecular formula is C6H10ClNO. The van der Waals surface area contributed by atoms with Gasteiger partial charge in [-0.2, -0.15) is 0 Å². The Labute approximate surface area is 59.9 Å². The molecule has 0 aromatic carbocycles. The molecule has 0 spiro atoms. The van der Waals surface area contributed by atoms with Gasteiger partial charge in [0.25, 0.3) is 0 Å². The number of nitrogens with zero attached hydrogens (tertiary/aromatic N) is 1. The molecule has 0 bridgehead atoms. The van der Waals surface area contributed by atoms with Crippen LogP contribution in [0.3, 0.4) is 0 Å². The molecule has 3 heteroatoms. The standard InChI is InChI=1S/C6H10ClNO/c1-6(2,7)3-4-8-5-9/h3-4H2,1-2H3. The van der Waals surface area contributed by atoms with E-state index in [2.05, 4.69) is 4.99 Å². The molecule has 0 aromatic heterocycles. The van der Waals surface area contributed by atoms with E-state index in [4.69, 9.17) is 11.6 Å². The van der Waals surface area contributed by atoms with Crippen molar-refractivity contribution < 1.29 is 4.79 Å². The summed E-state index contributed by atoms with van der Waals surface area (Å²) in [6, 6.07) is 0. The van der Waals surface area contributed by atoms with Crippen molar-refractivity contribution in [2.75, 3.05) is 6.54 Å². The van der Waals surface area contributed by atoms with E-state index >= 15 is 0 Å². The van der Waals surface area contributed by atoms with Gasteiger partial charge in [0, 0.05) is 4.87 Å². The van der Waals surface area contributed by atoms with Gasteiger partial charge in [-0.25, -0.2) is 9.79 Å². The quantitative estimate of drug-likeness (QED) is 0.340. The molecule has 0 heterocycles. The topological polar surface area (TPSA) is 29.4 Å². The summed E-state index contributed by atoms with van der Waals surface area (Å²) in [5.74, 6) is 0. The van der Waals surface area contributed by atoms with Gasteiger partial charge in [0.05, 0.1) is 6.54 Å². The van der Waals surface area contributed by atoms with E-state index in [1.807, 2.05) is 13.8 Å². The van der Waals surface area contributed by atoms with Crippen LogP contribution in [0.25, 0.3) is 0 Å². The number of halogens is 1. The van der Waals surface area contributed by atoms with E-state index in [1.54, 1.807) is 0 Å². The van der Waals surface area contributed by atoms with Gasteiger partial charge >= 0.3 is 0 Å². The van der Waals surface area contributed by atoms with Gasteiger partial charge in [0.15, 0.2) is 0 Å². The highest BCUT2D eigenvalue weighted by Gasteiger charge is 2.11. The summed E-state index contributed by atoms with van der Waals surface area (Å²) in [6.45, 7) is 4.24. The second kappa shape index (κ2) is 3.65. The average molecular weight is 148 g/mol. The summed E-state index contributed by atoms with van der Waals surface area (Å²) >= 11 is 5.78. The molecule has 0 fully saturated rings. The fourth-order valence-electron chi connectivity index (χ4n) is 0.367. The Kier molecular flexibility index (Phi) is 3.52. The molecule has 0 aliphatic rings. The molecule has 0 aromatic rings. The lowest BCUT2D eigenvalue weighted by molar-refractivity contribution is 0.559. The third-order valence-corrected chi connectivity index (χ3v) is 1.07. The Morgan fingerprint density at radius 2 is 2.22 bits per heavy atom. The molecule has 0 saturated carbocycles. The fourth-order valence-corrected chi connectivity index (χ4v) is 0.452. The van der Waals surface area contributed by atoms with Crippen molar-refractivity contribution in [1.29, 1.82) is 0 Å². The number of aliphatic imine (C=N–C) groups is 1. The van der Waals surface area contributed by atoms with Crippen LogP contribution in [0.15, 0.2) is 4.99 Å². The molecule has 9 heavy (non-hydrogen) atoms. The van der Waals surface area contributed by atoms with E-state index in [9.17, 15) is 4.79 Å². The Hall–Kier alpha value is -0.330. The minimum absolute atomic E-state index is 0.250. The summed E-state index contributed by atoms with van der Waals surface area (Å²) in [6.07, 6.45) is 2.17. The van der Waals surface area contributed by atoms with Gasteiger partial charge in [0.1, 0.15) is 0 Å². The fraction of sp³-hybridized carbons (Fsp3) is 0.833. The van der Waals surface area contributed by atoms with Crippen LogP contribution in [0.4, 0.5) is 0 Å². The molecule has 0 amide bonds. The number of hydrogen-bond acceptors (Lipinski definition) is 2. The van der Waals surface area contributed by atoms with Crippen molar-refractivity contribution in [2.45, 2.75) is 25.1 Å². The number of isocyanates is 1. The van der Waals surface area contributed by atoms with Crippen LogP contribution < -0.4 is 0 Å². The van der Waals surface area contributed by atoms with Crippen LogP contribution in [-0.2, 0) is 4.79 Å². The summed E-state index contributed by atoms with van der Waals surface area (Å²) in [5, 5.41) is 0. The second-order valence-corrected chi connectivity index (χ2v) is 3.46. The summed E-state index contributed by atoms with van der Waals surface area (Å²) in [5.41, 5.74) is 0. The van der Waals surface area contributed by atoms with Gasteiger partial charge in [-0.15, -0.1) is 11.6 Å². The third-order valence-electron chi connectivity index (χ3n) is 0.883. The number of alkyl halides is 1. The molecule has 0 aliphatic heterocycles. The highest BCUT2D eigenvalue weighted by atomic mass is 35.5. The van der Waals surface area contributed by atoms with E-state index in [-0.39, 0.29) is 4.87 Å². The van der Waals surface area contributed by atoms with Crippen molar-refractivity contribution >= 4 is 17.7 Å². The predicted octanol–water partition coefficient (Wildman–Crippen LogP) is 1.73. The molecule has 0 N–H and O–H groups in total. The Morgan fingerprint density at radius 1 is 1.67 bits per heavy atom. The molecule has 0 radical (unpaired) electrons. The van der Waals surface area contributed by atoms with Crippen LogP contribution in [0.5, 0.6) is 0 Å². The normalized spacial score (nSPS) is 10.6. The lowest BCUT2D eigenvalue weighted by atomic mass is 10.1. The average Bonchev–Trinajstić information content (AvgIpc) is 1.63. The zero-order valence-electron chi connectivity index (χ0n) is 5.65. The van der Waals surface area contributed by atoms with E-state index in [1.165, 1.54) is 6.08 Å². The highest BCUT2D eigenvalue weighted by molar-refractivity contribution is 6.23. The van der Waals surface area contributed by atoms with Crippen LogP contribution >= 0.6 is 11.6 Å². The van der Waals surface area contributed by atoms with E-state index in [0.717, 1.165) is 0 Å². The summed E-state index contributed by atoms with van der Waals surface area (Å²) < 4.78 is 0. The Bertz CT molecular complexity index is 122. The molecule has 2 nitrogen and oxygen atoms in total. The van der Waals surface area contributed by atoms with Crippen LogP contribution in [0, 0.1) is 0 Å². The highest BCUT2D eigenvalue weighted by Crippen LogP contribution is 2.16. The third kappa shape index (κ3) is 7.67. The largest absolute Gasteiger partial charge is 0.234 e. The molecule has 0 atom stereocenters. The second-order valence-electron chi connectivity index (χ2n) is 2.44. The molecule has 0 unspecified atom stereocenters. The van der Waals surface area contributed by atoms with Gasteiger partial charge in [-0.3, -0.25) is 0 Å². The SMILES string of the molecule is CC(C)(Cl)CCN=C=O. The zero-order chi connectivity index (χ0) is 7.33. The minimum Gasteiger partial charge on any atom is -0.211 e. The smallest absolute Gasteiger partial charge is 0.211 e. The van der Waals surface area contributed by atoms with Crippen molar-refractivity contribution in [2.24, 2.45) is 4.99 Å². The molecule has 0 saturated heterocycles. The Morgan fingerprint density at radius 3 is 2.56 bits per heavy atom. The van der Waals surface area contributed by atoms with Gasteiger partial charge in [0.2, 0.25) is 6.08 Å². The van der Waals surface area contributed by atoms with Crippen molar-refractivity contribution in [1.82, 2.24) is 0 Å². The minimum atomic E-state index is -0.250. The monoisotopic (exact) mass is 147 g/mol. The van der Waals surface area contributed by atoms with Gasteiger partial charge in [-0.1, -0.05) is 0 Å². The molecule has 0 rings (SSSR count).